The molecule has 30 heteroatoms. The number of carbonyl (C=O) groups is 3. The average molecular weight is 1050 g/mol. The number of hydrogen-bond donors (Lipinski definition) is 8. The molecule has 4 rings (SSSR count). The van der Waals surface area contributed by atoms with Gasteiger partial charge in [0.1, 0.15) is 5.75 Å². The van der Waals surface area contributed by atoms with Gasteiger partial charge in [-0.25, -0.2) is 65.9 Å². The summed E-state index contributed by atoms with van der Waals surface area (Å²) in [6.45, 7) is -1.26. The molecule has 71 heavy (non-hydrogen) atoms. The molecule has 0 fully saturated rings. The summed E-state index contributed by atoms with van der Waals surface area (Å²) in [5.74, 6) is -35.5. The molecule has 0 bridgehead atoms. The Hall–Kier alpha value is -6.60. The van der Waals surface area contributed by atoms with Gasteiger partial charge < -0.3 is 47.3 Å². The van der Waals surface area contributed by atoms with Gasteiger partial charge >= 0.3 is 5.97 Å². The largest absolute Gasteiger partial charge is 0.427 e. The summed E-state index contributed by atoms with van der Waals surface area (Å²) in [6.07, 6.45) is -10.0. The van der Waals surface area contributed by atoms with Crippen LogP contribution in [0.15, 0.2) is 24.3 Å². The number of amides is 2. The van der Waals surface area contributed by atoms with Crippen LogP contribution in [0.25, 0.3) is 0 Å². The first-order chi connectivity index (χ1) is 33.1. The third-order valence-corrected chi connectivity index (χ3v) is 9.35. The van der Waals surface area contributed by atoms with Crippen molar-refractivity contribution >= 4 is 23.5 Å². The summed E-state index contributed by atoms with van der Waals surface area (Å²) < 4.78 is 204. The minimum Gasteiger partial charge on any atom is -0.427 e. The third-order valence-electron chi connectivity index (χ3n) is 9.35. The Kier molecular flexibility index (Phi) is 23.6. The minimum atomic E-state index is -2.37. The highest BCUT2D eigenvalue weighted by atomic mass is 19.2. The smallest absolute Gasteiger partial charge is 0.311 e. The van der Waals surface area contributed by atoms with E-state index in [1.54, 1.807) is 0 Å². The highest BCUT2D eigenvalue weighted by Gasteiger charge is 2.29. The second kappa shape index (κ2) is 27.7. The van der Waals surface area contributed by atoms with Crippen LogP contribution in [0.2, 0.25) is 0 Å². The lowest BCUT2D eigenvalue weighted by Crippen LogP contribution is -2.44. The number of nitrogens with one attached hydrogen (secondary N) is 2. The molecule has 0 aliphatic carbocycles. The lowest BCUT2D eigenvalue weighted by molar-refractivity contribution is -0.384. The molecule has 0 spiro atoms. The van der Waals surface area contributed by atoms with E-state index in [-0.39, 0.29) is 24.5 Å². The molecule has 0 radical (unpaired) electrons. The Balaban J connectivity index is 0.000000446. The number of nitrogens with two attached hydrogens (primary N) is 2. The van der Waals surface area contributed by atoms with Gasteiger partial charge in [-0.2, -0.15) is 0 Å². The number of rotatable bonds is 19. The van der Waals surface area contributed by atoms with Gasteiger partial charge in [-0.1, -0.05) is 0 Å². The second-order valence-electron chi connectivity index (χ2n) is 14.2. The van der Waals surface area contributed by atoms with E-state index in [2.05, 4.69) is 0 Å². The molecule has 4 aromatic rings. The summed E-state index contributed by atoms with van der Waals surface area (Å²) in [7, 11) is 0. The number of benzene rings is 4. The molecule has 4 aromatic carbocycles. The second-order valence-corrected chi connectivity index (χ2v) is 14.2. The lowest BCUT2D eigenvalue weighted by Gasteiger charge is -2.19. The Morgan fingerprint density at radius 3 is 1.01 bits per heavy atom. The Bertz CT molecular complexity index is 2360. The predicted octanol–water partition coefficient (Wildman–Crippen LogP) is 4.05. The normalized spacial score (nSPS) is 12.6. The van der Waals surface area contributed by atoms with Crippen molar-refractivity contribution in [2.24, 2.45) is 11.5 Å². The molecule has 0 aliphatic rings. The van der Waals surface area contributed by atoms with Gasteiger partial charge in [0.05, 0.1) is 35.8 Å². The van der Waals surface area contributed by atoms with Crippen LogP contribution in [0.5, 0.6) is 5.75 Å². The molecule has 0 heterocycles. The zero-order valence-electron chi connectivity index (χ0n) is 35.7. The van der Waals surface area contributed by atoms with Crippen LogP contribution < -0.4 is 26.8 Å². The van der Waals surface area contributed by atoms with E-state index in [1.807, 2.05) is 10.6 Å². The third kappa shape index (κ3) is 16.5. The average Bonchev–Trinajstić information content (AvgIpc) is 3.35. The number of nitro benzene ring substituents is 1. The van der Waals surface area contributed by atoms with Crippen molar-refractivity contribution < 1.29 is 110 Å². The SMILES string of the molecule is NCC(O)C(O)CN.O=C(CCc1c(F)c(F)c(F)c(F)c1F)NCC(O)C(O)CNC(=O)CCc1c(F)c(F)c(F)c(F)c1F.O=C(CCc1c(F)c(F)c(F)c(F)c1F)Oc1ccc([N+](=O)[O-])cc1. The predicted molar refractivity (Wildman–Crippen MR) is 211 cm³/mol. The van der Waals surface area contributed by atoms with Crippen LogP contribution in [0.4, 0.5) is 71.5 Å². The number of nitro groups is 1. The molecular weight excluding hydrogens is 1010 g/mol. The Morgan fingerprint density at radius 1 is 0.479 bits per heavy atom. The van der Waals surface area contributed by atoms with Crippen LogP contribution in [0.3, 0.4) is 0 Å². The van der Waals surface area contributed by atoms with Gasteiger partial charge in [0.2, 0.25) is 29.3 Å². The van der Waals surface area contributed by atoms with Gasteiger partial charge in [0.15, 0.2) is 69.8 Å². The number of nitrogens with zero attached hydrogens (tertiary/aromatic N) is 1. The van der Waals surface area contributed by atoms with E-state index in [1.165, 1.54) is 0 Å². The van der Waals surface area contributed by atoms with Crippen molar-refractivity contribution in [3.8, 4) is 5.75 Å². The van der Waals surface area contributed by atoms with Gasteiger partial charge in [-0.15, -0.1) is 0 Å². The highest BCUT2D eigenvalue weighted by Crippen LogP contribution is 2.27. The number of aliphatic hydroxyl groups excluding tert-OH is 4. The molecule has 4 unspecified atom stereocenters. The number of ether oxygens (including phenoxy) is 1. The number of carbonyl (C=O) groups excluding carboxylic acids is 3. The zero-order valence-corrected chi connectivity index (χ0v) is 35.7. The van der Waals surface area contributed by atoms with E-state index >= 15 is 0 Å². The summed E-state index contributed by atoms with van der Waals surface area (Å²) in [6, 6.07) is 4.36. The molecule has 0 aromatic heterocycles. The number of aliphatic hydroxyl groups is 4. The van der Waals surface area contributed by atoms with Crippen LogP contribution in [0, 0.1) is 97.4 Å². The van der Waals surface area contributed by atoms with Crippen molar-refractivity contribution in [3.63, 3.8) is 0 Å². The van der Waals surface area contributed by atoms with E-state index in [0.717, 1.165) is 24.3 Å². The molecular formula is C41H38F15N5O10. The topological polar surface area (TPSA) is 261 Å². The maximum absolute atomic E-state index is 13.6. The quantitative estimate of drug-likeness (QED) is 0.0126. The van der Waals surface area contributed by atoms with Crippen LogP contribution >= 0.6 is 0 Å². The van der Waals surface area contributed by atoms with Crippen LogP contribution in [-0.2, 0) is 33.6 Å². The fraction of sp³-hybridized carbons (Fsp3) is 0.341. The van der Waals surface area contributed by atoms with E-state index in [9.17, 15) is 101 Å². The maximum atomic E-state index is 13.6. The summed E-state index contributed by atoms with van der Waals surface area (Å²) in [5, 5.41) is 51.5. The number of esters is 1. The van der Waals surface area contributed by atoms with Gasteiger partial charge in [-0.05, 0) is 31.4 Å². The molecule has 392 valence electrons. The number of non-ortho nitro benzene ring substituents is 1. The molecule has 0 saturated heterocycles. The molecule has 2 amide bonds. The highest BCUT2D eigenvalue weighted by molar-refractivity contribution is 5.77. The van der Waals surface area contributed by atoms with Gasteiger partial charge in [0, 0.05) is 67.8 Å². The fourth-order valence-corrected chi connectivity index (χ4v) is 5.33. The standard InChI is InChI=1S/C22H18F10N2O4.C15H8F5NO4.C4H12N2O2/c23-13-7(14(24)18(28)21(31)17(13)27)1-3-11(37)33-5-9(35)10(36)6-34-12(38)4-2-8-15(25)19(29)22(32)20(30)16(8)26;16-11-9(12(17)14(19)15(20)13(11)18)5-6-10(22)25-8-3-1-7(2-4-8)21(23)24;5-1-3(7)4(8)2-6/h9-10,35-36H,1-6H2,(H,33,37)(H,34,38);1-4H,5-6H2;3-4,7-8H,1-2,5-6H2. The number of hydrogen-bond acceptors (Lipinski definition) is 12. The molecule has 10 N–H and O–H groups in total. The summed E-state index contributed by atoms with van der Waals surface area (Å²) in [4.78, 5) is 45.0. The van der Waals surface area contributed by atoms with Crippen LogP contribution in [0.1, 0.15) is 36.0 Å². The maximum Gasteiger partial charge on any atom is 0.311 e. The minimum absolute atomic E-state index is 0.0539. The lowest BCUT2D eigenvalue weighted by atomic mass is 10.1. The molecule has 4 atom stereocenters. The first-order valence-corrected chi connectivity index (χ1v) is 19.7. The summed E-state index contributed by atoms with van der Waals surface area (Å²) in [5.41, 5.74) is 6.13. The van der Waals surface area contributed by atoms with Crippen molar-refractivity contribution in [3.05, 3.63) is 138 Å². The van der Waals surface area contributed by atoms with Gasteiger partial charge in [0.25, 0.3) is 5.69 Å². The number of halogens is 15. The monoisotopic (exact) mass is 1050 g/mol. The van der Waals surface area contributed by atoms with Gasteiger partial charge in [-0.3, -0.25) is 24.5 Å². The first kappa shape index (κ1) is 60.5. The molecule has 15 nitrogen and oxygen atoms in total. The Labute approximate surface area is 389 Å². The van der Waals surface area contributed by atoms with E-state index in [4.69, 9.17) is 26.4 Å². The van der Waals surface area contributed by atoms with Crippen molar-refractivity contribution in [2.45, 2.75) is 62.9 Å². The van der Waals surface area contributed by atoms with Crippen molar-refractivity contribution in [1.82, 2.24) is 10.6 Å². The van der Waals surface area contributed by atoms with Crippen molar-refractivity contribution in [1.29, 1.82) is 0 Å². The van der Waals surface area contributed by atoms with Crippen LogP contribution in [-0.4, -0.2) is 93.7 Å². The fourth-order valence-electron chi connectivity index (χ4n) is 5.33. The zero-order chi connectivity index (χ0) is 54.2. The summed E-state index contributed by atoms with van der Waals surface area (Å²) >= 11 is 0. The molecule has 0 aliphatic heterocycles. The Morgan fingerprint density at radius 2 is 0.746 bits per heavy atom. The molecule has 0 saturated carbocycles. The van der Waals surface area contributed by atoms with Crippen molar-refractivity contribution in [2.75, 3.05) is 26.2 Å². The van der Waals surface area contributed by atoms with E-state index in [0.29, 0.717) is 0 Å². The first-order valence-electron chi connectivity index (χ1n) is 19.7. The van der Waals surface area contributed by atoms with E-state index < -0.39 is 203 Å².